The van der Waals surface area contributed by atoms with E-state index in [0.29, 0.717) is 51.1 Å². The number of anilines is 1. The van der Waals surface area contributed by atoms with Gasteiger partial charge >= 0.3 is 0 Å². The third kappa shape index (κ3) is 15.9. The zero-order chi connectivity index (χ0) is 55.1. The summed E-state index contributed by atoms with van der Waals surface area (Å²) in [6, 6.07) is 9.20. The monoisotopic (exact) mass is 1110 g/mol. The van der Waals surface area contributed by atoms with Crippen LogP contribution < -0.4 is 26.6 Å². The molecule has 418 valence electrons. The van der Waals surface area contributed by atoms with Crippen molar-refractivity contribution in [3.05, 3.63) is 70.4 Å². The molecule has 0 spiro atoms. The highest BCUT2D eigenvalue weighted by Crippen LogP contribution is 2.41. The fourth-order valence-electron chi connectivity index (χ4n) is 8.87. The first-order valence-corrected chi connectivity index (χ1v) is 27.5. The van der Waals surface area contributed by atoms with Crippen LogP contribution in [0.1, 0.15) is 77.9 Å². The molecule has 4 aliphatic rings. The van der Waals surface area contributed by atoms with E-state index in [1.165, 1.54) is 22.7 Å². The summed E-state index contributed by atoms with van der Waals surface area (Å²) in [5.74, 6) is -4.22. The number of imide groups is 2. The molecule has 0 bridgehead atoms. The maximum absolute atomic E-state index is 15.0. The maximum atomic E-state index is 15.0. The molecule has 4 heterocycles. The number of ether oxygens (including phenoxy) is 5. The van der Waals surface area contributed by atoms with Gasteiger partial charge in [0.05, 0.1) is 92.8 Å². The zero-order valence-electron chi connectivity index (χ0n) is 43.4. The molecule has 7 rings (SSSR count). The van der Waals surface area contributed by atoms with Gasteiger partial charge in [0.25, 0.3) is 17.7 Å². The Morgan fingerprint density at radius 2 is 1.56 bits per heavy atom. The molecule has 4 atom stereocenters. The summed E-state index contributed by atoms with van der Waals surface area (Å²) in [7, 11) is 0. The number of nitrogens with one attached hydrogen (secondary N) is 5. The number of aliphatic hydroxyl groups is 1. The highest BCUT2D eigenvalue weighted by molar-refractivity contribution is 8.00. The molecule has 2 saturated heterocycles. The summed E-state index contributed by atoms with van der Waals surface area (Å²) in [6.45, 7) is 8.33. The SMILES string of the molecule is Cc1ncsc1-c1ccc(CNC(=O)C2CC(O)CN2C(=O)C(NC(=O)C2(F)CC2)C(C)(C)SCCOCCOCCOCCOCCOCC(=O)NCCNc2cccc3c2C(=O)N(C2CCC(=O)NC2=O)C3=O)cc1. The van der Waals surface area contributed by atoms with Crippen LogP contribution in [0.5, 0.6) is 0 Å². The number of β-amino-alcohol motifs (C(OH)–C–C–N with tert-alkyl or cyclic N) is 1. The van der Waals surface area contributed by atoms with E-state index in [-0.39, 0.29) is 102 Å². The van der Waals surface area contributed by atoms with Crippen LogP contribution in [0.2, 0.25) is 0 Å². The lowest BCUT2D eigenvalue weighted by molar-refractivity contribution is -0.143. The Balaban J connectivity index is 0.705. The number of likely N-dealkylation sites (tertiary alicyclic amines) is 1. The number of rotatable bonds is 31. The molecule has 22 nitrogen and oxygen atoms in total. The molecule has 8 amide bonds. The minimum absolute atomic E-state index is 0.0156. The number of halogens is 1. The summed E-state index contributed by atoms with van der Waals surface area (Å²) in [5.41, 5.74) is 3.20. The largest absolute Gasteiger partial charge is 0.391 e. The van der Waals surface area contributed by atoms with E-state index in [1.807, 2.05) is 31.2 Å². The molecule has 4 unspecified atom stereocenters. The number of aromatic nitrogens is 1. The van der Waals surface area contributed by atoms with Crippen LogP contribution >= 0.6 is 23.1 Å². The number of aryl methyl sites for hydroxylation is 1. The average molecular weight is 1110 g/mol. The lowest BCUT2D eigenvalue weighted by Crippen LogP contribution is -2.61. The second-order valence-electron chi connectivity index (χ2n) is 19.4. The molecular formula is C52H67FN8O14S2. The van der Waals surface area contributed by atoms with Gasteiger partial charge in [0, 0.05) is 55.2 Å². The van der Waals surface area contributed by atoms with E-state index < -0.39 is 76.0 Å². The van der Waals surface area contributed by atoms with Crippen LogP contribution in [0.25, 0.3) is 10.4 Å². The third-order valence-corrected chi connectivity index (χ3v) is 15.6. The predicted molar refractivity (Wildman–Crippen MR) is 281 cm³/mol. The number of fused-ring (bicyclic) bond motifs is 1. The number of hydrogen-bond donors (Lipinski definition) is 6. The summed E-state index contributed by atoms with van der Waals surface area (Å²) in [5, 5.41) is 24.1. The van der Waals surface area contributed by atoms with Gasteiger partial charge in [-0.05, 0) is 63.3 Å². The van der Waals surface area contributed by atoms with Crippen LogP contribution in [0.4, 0.5) is 10.1 Å². The van der Waals surface area contributed by atoms with Gasteiger partial charge in [-0.15, -0.1) is 11.3 Å². The molecule has 3 aromatic rings. The first-order valence-electron chi connectivity index (χ1n) is 25.6. The van der Waals surface area contributed by atoms with Gasteiger partial charge in [-0.1, -0.05) is 30.3 Å². The normalized spacial score (nSPS) is 19.2. The molecule has 0 radical (unpaired) electrons. The van der Waals surface area contributed by atoms with Crippen molar-refractivity contribution in [2.75, 3.05) is 96.8 Å². The van der Waals surface area contributed by atoms with Gasteiger partial charge in [-0.3, -0.25) is 48.6 Å². The van der Waals surface area contributed by atoms with Gasteiger partial charge in [-0.25, -0.2) is 9.37 Å². The summed E-state index contributed by atoms with van der Waals surface area (Å²) in [4.78, 5) is 111. The molecular weight excluding hydrogens is 1040 g/mol. The number of alkyl halides is 1. The Morgan fingerprint density at radius 3 is 2.19 bits per heavy atom. The number of carbonyl (C=O) groups is 8. The zero-order valence-corrected chi connectivity index (χ0v) is 45.0. The van der Waals surface area contributed by atoms with E-state index >= 15 is 0 Å². The van der Waals surface area contributed by atoms with Crippen LogP contribution in [0.15, 0.2) is 48.0 Å². The average Bonchev–Trinajstić information content (AvgIpc) is 3.72. The minimum atomic E-state index is -2.04. The summed E-state index contributed by atoms with van der Waals surface area (Å²) >= 11 is 2.90. The maximum Gasteiger partial charge on any atom is 0.264 e. The molecule has 2 aromatic carbocycles. The van der Waals surface area contributed by atoms with Gasteiger partial charge in [0.15, 0.2) is 5.67 Å². The third-order valence-electron chi connectivity index (χ3n) is 13.3. The van der Waals surface area contributed by atoms with E-state index in [1.54, 1.807) is 42.8 Å². The van der Waals surface area contributed by atoms with Crippen molar-refractivity contribution >= 4 is 76.0 Å². The number of aliphatic hydroxyl groups excluding tert-OH is 1. The molecule has 1 aliphatic carbocycles. The standard InChI is InChI=1S/C52H67FN8O14S2/c1-32-43(76-31-57-32)34-9-7-33(8-10-34)28-56-45(65)39-27-35(62)29-60(39)49(69)44(59-50(70)52(53)13-14-52)51(2,3)77-26-25-74-22-21-72-18-17-71-19-20-73-23-24-75-30-41(64)55-16-15-54-37-6-4-5-36-42(37)48(68)61(47(36)67)38-11-12-40(63)58-46(38)66/h4-10,31,35,38-39,44,54,62H,11-30H2,1-3H3,(H,55,64)(H,56,65)(H,59,70)(H,58,63,66). The predicted octanol–water partition coefficient (Wildman–Crippen LogP) is 1.91. The molecule has 3 fully saturated rings. The lowest BCUT2D eigenvalue weighted by Gasteiger charge is -2.37. The highest BCUT2D eigenvalue weighted by atomic mass is 32.2. The fraction of sp³-hybridized carbons (Fsp3) is 0.558. The first-order chi connectivity index (χ1) is 37.0. The molecule has 3 aliphatic heterocycles. The summed E-state index contributed by atoms with van der Waals surface area (Å²) < 4.78 is 41.8. The van der Waals surface area contributed by atoms with Gasteiger partial charge in [0.2, 0.25) is 29.5 Å². The Morgan fingerprint density at radius 1 is 0.896 bits per heavy atom. The molecule has 77 heavy (non-hydrogen) atoms. The first kappa shape index (κ1) is 58.7. The molecule has 1 aromatic heterocycles. The Bertz CT molecular complexity index is 2600. The van der Waals surface area contributed by atoms with E-state index in [0.717, 1.165) is 26.6 Å². The summed E-state index contributed by atoms with van der Waals surface area (Å²) in [6.07, 6.45) is -0.754. The van der Waals surface area contributed by atoms with Gasteiger partial charge in [0.1, 0.15) is 24.7 Å². The van der Waals surface area contributed by atoms with Crippen molar-refractivity contribution in [1.29, 1.82) is 0 Å². The van der Waals surface area contributed by atoms with Crippen molar-refractivity contribution in [2.45, 2.75) is 94.1 Å². The van der Waals surface area contributed by atoms with Gasteiger partial charge in [-0.2, -0.15) is 11.8 Å². The van der Waals surface area contributed by atoms with Crippen molar-refractivity contribution < 1.29 is 71.5 Å². The highest BCUT2D eigenvalue weighted by Gasteiger charge is 2.54. The number of hydrogen-bond acceptors (Lipinski definition) is 18. The number of carbonyl (C=O) groups excluding carboxylic acids is 8. The molecule has 25 heteroatoms. The van der Waals surface area contributed by atoms with Crippen molar-refractivity contribution in [3.63, 3.8) is 0 Å². The number of thiazole rings is 1. The van der Waals surface area contributed by atoms with Crippen LogP contribution in [0, 0.1) is 6.92 Å². The number of nitrogens with zero attached hydrogens (tertiary/aromatic N) is 3. The topological polar surface area (TPSA) is 282 Å². The van der Waals surface area contributed by atoms with E-state index in [2.05, 4.69) is 31.6 Å². The molecule has 1 saturated carbocycles. The second kappa shape index (κ2) is 27.6. The Kier molecular flexibility index (Phi) is 21.1. The van der Waals surface area contributed by atoms with Gasteiger partial charge < -0.3 is 55.0 Å². The Hall–Kier alpha value is -5.93. The second-order valence-corrected chi connectivity index (χ2v) is 22.0. The van der Waals surface area contributed by atoms with E-state index in [4.69, 9.17) is 23.7 Å². The van der Waals surface area contributed by atoms with E-state index in [9.17, 15) is 47.9 Å². The smallest absolute Gasteiger partial charge is 0.264 e. The van der Waals surface area contributed by atoms with Crippen molar-refractivity contribution in [2.24, 2.45) is 0 Å². The number of amides is 8. The van der Waals surface area contributed by atoms with Crippen molar-refractivity contribution in [3.8, 4) is 10.4 Å². The number of benzene rings is 2. The molecule has 6 N–H and O–H groups in total. The van der Waals surface area contributed by atoms with Crippen molar-refractivity contribution in [1.82, 2.24) is 36.1 Å². The lowest BCUT2D eigenvalue weighted by atomic mass is 10.00. The van der Waals surface area contributed by atoms with Crippen LogP contribution in [-0.2, 0) is 59.0 Å². The Labute approximate surface area is 453 Å². The van der Waals surface area contributed by atoms with Crippen LogP contribution in [-0.4, -0.2) is 193 Å². The van der Waals surface area contributed by atoms with Crippen LogP contribution in [0.3, 0.4) is 0 Å². The quantitative estimate of drug-likeness (QED) is 0.0396. The number of thioether (sulfide) groups is 1. The minimum Gasteiger partial charge on any atom is -0.391 e. The number of piperidine rings is 1. The fourth-order valence-corrected chi connectivity index (χ4v) is 10.7.